The van der Waals surface area contributed by atoms with Crippen LogP contribution in [-0.2, 0) is 0 Å². The van der Waals surface area contributed by atoms with Crippen LogP contribution >= 0.6 is 0 Å². The number of hydrogen-bond acceptors (Lipinski definition) is 3. The van der Waals surface area contributed by atoms with Crippen LogP contribution in [0.2, 0.25) is 0 Å². The zero-order valence-corrected chi connectivity index (χ0v) is 10.4. The molecule has 5 heteroatoms. The third-order valence-electron chi connectivity index (χ3n) is 2.65. The molecular formula is C14H14FN3O. The summed E-state index contributed by atoms with van der Waals surface area (Å²) in [4.78, 5) is 15.5. The van der Waals surface area contributed by atoms with Crippen molar-refractivity contribution in [2.24, 2.45) is 5.73 Å². The molecule has 0 spiro atoms. The van der Waals surface area contributed by atoms with E-state index in [1.54, 1.807) is 12.1 Å². The van der Waals surface area contributed by atoms with Crippen molar-refractivity contribution in [1.82, 2.24) is 4.98 Å². The van der Waals surface area contributed by atoms with Crippen molar-refractivity contribution < 1.29 is 9.18 Å². The van der Waals surface area contributed by atoms with Gasteiger partial charge >= 0.3 is 0 Å². The van der Waals surface area contributed by atoms with E-state index in [0.717, 1.165) is 11.8 Å². The molecule has 0 aliphatic carbocycles. The molecule has 2 aromatic rings. The SMILES string of the molecule is CC(N)c1ccc(NC(=O)c2ccc(F)cn2)cc1. The first-order valence-electron chi connectivity index (χ1n) is 5.84. The number of nitrogens with two attached hydrogens (primary N) is 1. The summed E-state index contributed by atoms with van der Waals surface area (Å²) >= 11 is 0. The predicted octanol–water partition coefficient (Wildman–Crippen LogP) is 2.49. The lowest BCUT2D eigenvalue weighted by Gasteiger charge is -2.08. The summed E-state index contributed by atoms with van der Waals surface area (Å²) in [5.41, 5.74) is 7.53. The maximum atomic E-state index is 12.7. The Kier molecular flexibility index (Phi) is 3.87. The monoisotopic (exact) mass is 259 g/mol. The Morgan fingerprint density at radius 1 is 1.26 bits per heavy atom. The molecular weight excluding hydrogens is 245 g/mol. The second-order valence-corrected chi connectivity index (χ2v) is 4.23. The molecule has 19 heavy (non-hydrogen) atoms. The van der Waals surface area contributed by atoms with Crippen molar-refractivity contribution in [3.8, 4) is 0 Å². The molecule has 1 unspecified atom stereocenters. The van der Waals surface area contributed by atoms with Crippen molar-refractivity contribution in [2.45, 2.75) is 13.0 Å². The topological polar surface area (TPSA) is 68.0 Å². The summed E-state index contributed by atoms with van der Waals surface area (Å²) in [6.45, 7) is 1.88. The quantitative estimate of drug-likeness (QED) is 0.889. The van der Waals surface area contributed by atoms with Crippen LogP contribution in [0.1, 0.15) is 29.0 Å². The Balaban J connectivity index is 2.08. The molecule has 0 saturated heterocycles. The van der Waals surface area contributed by atoms with Crippen molar-refractivity contribution in [3.05, 3.63) is 59.7 Å². The zero-order valence-electron chi connectivity index (χ0n) is 10.4. The van der Waals surface area contributed by atoms with E-state index in [0.29, 0.717) is 5.69 Å². The van der Waals surface area contributed by atoms with Gasteiger partial charge in [-0.2, -0.15) is 0 Å². The van der Waals surface area contributed by atoms with Gasteiger partial charge in [0.2, 0.25) is 0 Å². The van der Waals surface area contributed by atoms with Crippen molar-refractivity contribution >= 4 is 11.6 Å². The molecule has 1 aromatic heterocycles. The van der Waals surface area contributed by atoms with Crippen molar-refractivity contribution in [1.29, 1.82) is 0 Å². The Bertz CT molecular complexity index is 564. The molecule has 1 amide bonds. The first-order valence-corrected chi connectivity index (χ1v) is 5.84. The smallest absolute Gasteiger partial charge is 0.274 e. The lowest BCUT2D eigenvalue weighted by Crippen LogP contribution is -2.13. The van der Waals surface area contributed by atoms with Gasteiger partial charge in [0.25, 0.3) is 5.91 Å². The summed E-state index contributed by atoms with van der Waals surface area (Å²) in [5.74, 6) is -0.855. The van der Waals surface area contributed by atoms with Crippen LogP contribution in [-0.4, -0.2) is 10.9 Å². The number of nitrogens with one attached hydrogen (secondary N) is 1. The summed E-state index contributed by atoms with van der Waals surface area (Å²) in [7, 11) is 0. The van der Waals surface area contributed by atoms with Gasteiger partial charge in [-0.25, -0.2) is 9.37 Å². The fourth-order valence-electron chi connectivity index (χ4n) is 1.58. The summed E-state index contributed by atoms with van der Waals surface area (Å²) in [6, 6.07) is 9.70. The molecule has 0 saturated carbocycles. The van der Waals surface area contributed by atoms with Gasteiger partial charge < -0.3 is 11.1 Å². The molecule has 0 fully saturated rings. The van der Waals surface area contributed by atoms with Gasteiger partial charge in [-0.1, -0.05) is 12.1 Å². The minimum absolute atomic E-state index is 0.0523. The third-order valence-corrected chi connectivity index (χ3v) is 2.65. The van der Waals surface area contributed by atoms with Gasteiger partial charge in [-0.3, -0.25) is 4.79 Å². The van der Waals surface area contributed by atoms with E-state index < -0.39 is 5.82 Å². The fraction of sp³-hybridized carbons (Fsp3) is 0.143. The van der Waals surface area contributed by atoms with E-state index in [2.05, 4.69) is 10.3 Å². The van der Waals surface area contributed by atoms with Crippen LogP contribution in [0.3, 0.4) is 0 Å². The Morgan fingerprint density at radius 3 is 2.47 bits per heavy atom. The Morgan fingerprint density at radius 2 is 1.95 bits per heavy atom. The number of amides is 1. The second kappa shape index (κ2) is 5.58. The van der Waals surface area contributed by atoms with Gasteiger partial charge in [-0.15, -0.1) is 0 Å². The number of nitrogens with zero attached hydrogens (tertiary/aromatic N) is 1. The normalized spacial score (nSPS) is 11.9. The standard InChI is InChI=1S/C14H14FN3O/c1-9(16)10-2-5-12(6-3-10)18-14(19)13-7-4-11(15)8-17-13/h2-9H,16H2,1H3,(H,18,19). The van der Waals surface area contributed by atoms with Gasteiger partial charge in [0.15, 0.2) is 0 Å². The largest absolute Gasteiger partial charge is 0.324 e. The predicted molar refractivity (Wildman–Crippen MR) is 71.2 cm³/mol. The number of rotatable bonds is 3. The molecule has 1 heterocycles. The summed E-state index contributed by atoms with van der Waals surface area (Å²) in [6.07, 6.45) is 1.01. The lowest BCUT2D eigenvalue weighted by atomic mass is 10.1. The average molecular weight is 259 g/mol. The third kappa shape index (κ3) is 3.35. The van der Waals surface area contributed by atoms with Crippen LogP contribution < -0.4 is 11.1 Å². The molecule has 0 radical (unpaired) electrons. The van der Waals surface area contributed by atoms with Crippen molar-refractivity contribution in [3.63, 3.8) is 0 Å². The van der Waals surface area contributed by atoms with E-state index in [1.165, 1.54) is 12.1 Å². The van der Waals surface area contributed by atoms with Gasteiger partial charge in [0.1, 0.15) is 11.5 Å². The lowest BCUT2D eigenvalue weighted by molar-refractivity contribution is 0.102. The highest BCUT2D eigenvalue weighted by molar-refractivity contribution is 6.02. The number of halogens is 1. The van der Waals surface area contributed by atoms with E-state index >= 15 is 0 Å². The number of pyridine rings is 1. The first kappa shape index (κ1) is 13.2. The Hall–Kier alpha value is -2.27. The fourth-order valence-corrected chi connectivity index (χ4v) is 1.58. The number of hydrogen-bond donors (Lipinski definition) is 2. The molecule has 3 N–H and O–H groups in total. The molecule has 4 nitrogen and oxygen atoms in total. The molecule has 1 atom stereocenters. The molecule has 1 aromatic carbocycles. The zero-order chi connectivity index (χ0) is 13.8. The number of aromatic nitrogens is 1. The second-order valence-electron chi connectivity index (χ2n) is 4.23. The van der Waals surface area contributed by atoms with Crippen LogP contribution in [0.25, 0.3) is 0 Å². The van der Waals surface area contributed by atoms with E-state index in [4.69, 9.17) is 5.73 Å². The van der Waals surface area contributed by atoms with Gasteiger partial charge in [0.05, 0.1) is 6.20 Å². The van der Waals surface area contributed by atoms with Crippen LogP contribution in [0.5, 0.6) is 0 Å². The molecule has 98 valence electrons. The minimum Gasteiger partial charge on any atom is -0.324 e. The molecule has 0 aliphatic heterocycles. The van der Waals surface area contributed by atoms with Crippen LogP contribution in [0.15, 0.2) is 42.6 Å². The van der Waals surface area contributed by atoms with Gasteiger partial charge in [-0.05, 0) is 36.8 Å². The first-order chi connectivity index (χ1) is 9.06. The maximum Gasteiger partial charge on any atom is 0.274 e. The number of anilines is 1. The molecule has 2 rings (SSSR count). The molecule has 0 aliphatic rings. The Labute approximate surface area is 110 Å². The van der Waals surface area contributed by atoms with Crippen LogP contribution in [0, 0.1) is 5.82 Å². The molecule has 0 bridgehead atoms. The van der Waals surface area contributed by atoms with E-state index in [-0.39, 0.29) is 17.6 Å². The highest BCUT2D eigenvalue weighted by atomic mass is 19.1. The van der Waals surface area contributed by atoms with E-state index in [9.17, 15) is 9.18 Å². The van der Waals surface area contributed by atoms with Gasteiger partial charge in [0, 0.05) is 11.7 Å². The maximum absolute atomic E-state index is 12.7. The van der Waals surface area contributed by atoms with Crippen LogP contribution in [0.4, 0.5) is 10.1 Å². The number of benzene rings is 1. The summed E-state index contributed by atoms with van der Waals surface area (Å²) < 4.78 is 12.7. The van der Waals surface area contributed by atoms with Crippen molar-refractivity contribution in [2.75, 3.05) is 5.32 Å². The number of carbonyl (C=O) groups is 1. The van der Waals surface area contributed by atoms with E-state index in [1.807, 2.05) is 19.1 Å². The highest BCUT2D eigenvalue weighted by Crippen LogP contribution is 2.14. The average Bonchev–Trinajstić information content (AvgIpc) is 2.40. The minimum atomic E-state index is -0.474. The number of carbonyl (C=O) groups excluding carboxylic acids is 1. The summed E-state index contributed by atoms with van der Waals surface area (Å²) in [5, 5.41) is 2.68. The highest BCUT2D eigenvalue weighted by Gasteiger charge is 2.08.